The first-order valence-corrected chi connectivity index (χ1v) is 7.52. The molecular formula is C17H17BrN2OS. The first-order valence-electron chi connectivity index (χ1n) is 6.70. The van der Waals surface area contributed by atoms with Gasteiger partial charge in [-0.2, -0.15) is 0 Å². The van der Waals surface area contributed by atoms with Crippen LogP contribution in [0, 0.1) is 6.92 Å². The number of halogens is 1. The van der Waals surface area contributed by atoms with Gasteiger partial charge in [0.25, 0.3) is 0 Å². The number of hydrogen-bond acceptors (Lipinski definition) is 4. The molecule has 5 heteroatoms. The lowest BCUT2D eigenvalue weighted by molar-refractivity contribution is 0.415. The molecule has 3 aromatic rings. The van der Waals surface area contributed by atoms with E-state index in [1.165, 1.54) is 4.88 Å². The van der Waals surface area contributed by atoms with Crippen molar-refractivity contribution < 1.29 is 4.74 Å². The zero-order chi connectivity index (χ0) is 14.7. The number of methoxy groups -OCH3 is 1. The highest BCUT2D eigenvalue weighted by Crippen LogP contribution is 2.32. The van der Waals surface area contributed by atoms with E-state index in [-0.39, 0.29) is 17.0 Å². The fraction of sp³-hybridized carbons (Fsp3) is 0.118. The van der Waals surface area contributed by atoms with Gasteiger partial charge in [-0.25, -0.2) is 4.98 Å². The van der Waals surface area contributed by atoms with Crippen molar-refractivity contribution in [3.05, 3.63) is 59.5 Å². The van der Waals surface area contributed by atoms with E-state index in [4.69, 9.17) is 9.72 Å². The zero-order valence-corrected chi connectivity index (χ0v) is 14.9. The van der Waals surface area contributed by atoms with Crippen molar-refractivity contribution in [3.8, 4) is 17.0 Å². The molecule has 0 aliphatic heterocycles. The average molecular weight is 377 g/mol. The molecule has 22 heavy (non-hydrogen) atoms. The van der Waals surface area contributed by atoms with Gasteiger partial charge in [0.15, 0.2) is 5.13 Å². The van der Waals surface area contributed by atoms with E-state index in [2.05, 4.69) is 12.2 Å². The van der Waals surface area contributed by atoms with Crippen LogP contribution < -0.4 is 10.1 Å². The predicted octanol–water partition coefficient (Wildman–Crippen LogP) is 5.45. The van der Waals surface area contributed by atoms with Crippen LogP contribution >= 0.6 is 28.3 Å². The Morgan fingerprint density at radius 2 is 1.68 bits per heavy atom. The third-order valence-electron chi connectivity index (χ3n) is 3.19. The van der Waals surface area contributed by atoms with Crippen LogP contribution in [0.25, 0.3) is 11.3 Å². The van der Waals surface area contributed by atoms with Gasteiger partial charge in [0.2, 0.25) is 0 Å². The number of hydrogen-bond donors (Lipinski definition) is 1. The highest BCUT2D eigenvalue weighted by atomic mass is 79.9. The maximum atomic E-state index is 5.19. The van der Waals surface area contributed by atoms with E-state index in [9.17, 15) is 0 Å². The van der Waals surface area contributed by atoms with E-state index in [1.807, 2.05) is 54.6 Å². The van der Waals surface area contributed by atoms with Gasteiger partial charge in [0, 0.05) is 16.1 Å². The third kappa shape index (κ3) is 3.67. The van der Waals surface area contributed by atoms with Crippen LogP contribution in [0.2, 0.25) is 0 Å². The summed E-state index contributed by atoms with van der Waals surface area (Å²) in [7, 11) is 1.67. The molecule has 0 saturated carbocycles. The number of aryl methyl sites for hydroxylation is 1. The lowest BCUT2D eigenvalue weighted by atomic mass is 10.1. The van der Waals surface area contributed by atoms with Crippen molar-refractivity contribution in [2.24, 2.45) is 0 Å². The smallest absolute Gasteiger partial charge is 0.187 e. The van der Waals surface area contributed by atoms with Gasteiger partial charge in [0.1, 0.15) is 5.75 Å². The number of nitrogens with one attached hydrogen (secondary N) is 1. The second kappa shape index (κ2) is 7.42. The molecule has 0 fully saturated rings. The topological polar surface area (TPSA) is 34.1 Å². The summed E-state index contributed by atoms with van der Waals surface area (Å²) in [5, 5.41) is 4.25. The van der Waals surface area contributed by atoms with Gasteiger partial charge >= 0.3 is 0 Å². The minimum absolute atomic E-state index is 0. The van der Waals surface area contributed by atoms with Crippen LogP contribution in [0.4, 0.5) is 10.8 Å². The molecule has 1 aromatic heterocycles. The fourth-order valence-corrected chi connectivity index (χ4v) is 2.97. The van der Waals surface area contributed by atoms with Crippen LogP contribution in [0.5, 0.6) is 5.75 Å². The lowest BCUT2D eigenvalue weighted by Crippen LogP contribution is -1.89. The number of aromatic nitrogens is 1. The molecule has 0 saturated heterocycles. The average Bonchev–Trinajstić information content (AvgIpc) is 2.89. The molecule has 114 valence electrons. The molecule has 0 bridgehead atoms. The summed E-state index contributed by atoms with van der Waals surface area (Å²) in [5.41, 5.74) is 3.17. The maximum Gasteiger partial charge on any atom is 0.187 e. The van der Waals surface area contributed by atoms with Gasteiger partial charge in [-0.3, -0.25) is 0 Å². The quantitative estimate of drug-likeness (QED) is 0.657. The lowest BCUT2D eigenvalue weighted by Gasteiger charge is -2.02. The Morgan fingerprint density at radius 3 is 2.32 bits per heavy atom. The summed E-state index contributed by atoms with van der Waals surface area (Å²) in [5.74, 6) is 0.856. The molecular weight excluding hydrogens is 360 g/mol. The Hall–Kier alpha value is -1.85. The Kier molecular flexibility index (Phi) is 5.57. The number of rotatable bonds is 4. The number of anilines is 2. The van der Waals surface area contributed by atoms with Gasteiger partial charge < -0.3 is 10.1 Å². The number of para-hydroxylation sites is 1. The van der Waals surface area contributed by atoms with Gasteiger partial charge in [-0.15, -0.1) is 28.3 Å². The normalized spacial score (nSPS) is 9.91. The van der Waals surface area contributed by atoms with E-state index < -0.39 is 0 Å². The van der Waals surface area contributed by atoms with Crippen LogP contribution in [0.3, 0.4) is 0 Å². The van der Waals surface area contributed by atoms with Crippen molar-refractivity contribution in [1.29, 1.82) is 0 Å². The van der Waals surface area contributed by atoms with E-state index in [0.717, 1.165) is 27.8 Å². The Balaban J connectivity index is 0.00000176. The molecule has 3 nitrogen and oxygen atoms in total. The molecule has 3 rings (SSSR count). The molecule has 0 aliphatic rings. The number of ether oxygens (including phenoxy) is 1. The number of benzene rings is 2. The first kappa shape index (κ1) is 16.5. The molecule has 0 amide bonds. The van der Waals surface area contributed by atoms with Crippen molar-refractivity contribution in [3.63, 3.8) is 0 Å². The SMILES string of the molecule is Br.COc1ccc(-c2nc(Nc3ccccc3)sc2C)cc1. The number of nitrogens with zero attached hydrogens (tertiary/aromatic N) is 1. The van der Waals surface area contributed by atoms with Crippen molar-refractivity contribution in [2.75, 3.05) is 12.4 Å². The standard InChI is InChI=1S/C17H16N2OS.BrH/c1-12-16(13-8-10-15(20-2)11-9-13)19-17(21-12)18-14-6-4-3-5-7-14;/h3-11H,1-2H3,(H,18,19);1H. The van der Waals surface area contributed by atoms with Crippen LogP contribution in [-0.4, -0.2) is 12.1 Å². The molecule has 1 N–H and O–H groups in total. The Bertz CT molecular complexity index is 726. The molecule has 0 aliphatic carbocycles. The van der Waals surface area contributed by atoms with Gasteiger partial charge in [-0.1, -0.05) is 18.2 Å². The van der Waals surface area contributed by atoms with Crippen LogP contribution in [0.15, 0.2) is 54.6 Å². The largest absolute Gasteiger partial charge is 0.497 e. The second-order valence-electron chi connectivity index (χ2n) is 4.64. The predicted molar refractivity (Wildman–Crippen MR) is 98.9 cm³/mol. The summed E-state index contributed by atoms with van der Waals surface area (Å²) in [6.07, 6.45) is 0. The number of thiazole rings is 1. The Labute approximate surface area is 144 Å². The molecule has 0 unspecified atom stereocenters. The van der Waals surface area contributed by atoms with Crippen molar-refractivity contribution in [1.82, 2.24) is 4.98 Å². The third-order valence-corrected chi connectivity index (χ3v) is 4.07. The van der Waals surface area contributed by atoms with Gasteiger partial charge in [0.05, 0.1) is 12.8 Å². The zero-order valence-electron chi connectivity index (χ0n) is 12.4. The van der Waals surface area contributed by atoms with E-state index >= 15 is 0 Å². The monoisotopic (exact) mass is 376 g/mol. The molecule has 0 atom stereocenters. The highest BCUT2D eigenvalue weighted by molar-refractivity contribution is 8.93. The summed E-state index contributed by atoms with van der Waals surface area (Å²) in [6.45, 7) is 2.09. The van der Waals surface area contributed by atoms with Crippen LogP contribution in [-0.2, 0) is 0 Å². The van der Waals surface area contributed by atoms with E-state index in [1.54, 1.807) is 18.4 Å². The summed E-state index contributed by atoms with van der Waals surface area (Å²) in [6, 6.07) is 18.1. The highest BCUT2D eigenvalue weighted by Gasteiger charge is 2.10. The van der Waals surface area contributed by atoms with Gasteiger partial charge in [-0.05, 0) is 43.3 Å². The fourth-order valence-electron chi connectivity index (χ4n) is 2.11. The van der Waals surface area contributed by atoms with Crippen molar-refractivity contribution >= 4 is 39.1 Å². The Morgan fingerprint density at radius 1 is 1.00 bits per heavy atom. The van der Waals surface area contributed by atoms with Crippen LogP contribution in [0.1, 0.15) is 4.88 Å². The molecule has 0 radical (unpaired) electrons. The maximum absolute atomic E-state index is 5.19. The summed E-state index contributed by atoms with van der Waals surface area (Å²) in [4.78, 5) is 5.89. The molecule has 1 heterocycles. The first-order chi connectivity index (χ1) is 10.3. The summed E-state index contributed by atoms with van der Waals surface area (Å²) >= 11 is 1.66. The summed E-state index contributed by atoms with van der Waals surface area (Å²) < 4.78 is 5.19. The van der Waals surface area contributed by atoms with Crippen molar-refractivity contribution in [2.45, 2.75) is 6.92 Å². The van der Waals surface area contributed by atoms with E-state index in [0.29, 0.717) is 0 Å². The molecule has 2 aromatic carbocycles. The molecule has 0 spiro atoms. The minimum atomic E-state index is 0. The minimum Gasteiger partial charge on any atom is -0.497 e. The second-order valence-corrected chi connectivity index (χ2v) is 5.85.